The summed E-state index contributed by atoms with van der Waals surface area (Å²) in [5.74, 6) is 2.98. The molecule has 0 aliphatic rings. The number of thiol groups is 1. The molecule has 0 atom stereocenters. The Hall–Kier alpha value is 0.838. The van der Waals surface area contributed by atoms with Crippen molar-refractivity contribution in [3.8, 4) is 11.5 Å². The number of benzene rings is 1. The molecule has 0 amide bonds. The van der Waals surface area contributed by atoms with E-state index in [0.717, 1.165) is 0 Å². The summed E-state index contributed by atoms with van der Waals surface area (Å²) < 4.78 is 37.7. The van der Waals surface area contributed by atoms with Crippen molar-refractivity contribution in [1.82, 2.24) is 0 Å². The molecular weight excluding hydrogens is 323 g/mol. The second kappa shape index (κ2) is 7.91. The standard InChI is InChI=1S/C13H17BF3SSi.K/c1-10-12(9-14(15,16)17)7-11(8-13(10)18)5-6-19(2,3)4;/h7-8,18H,9H2,1-4H3;/q-1;+1. The van der Waals surface area contributed by atoms with Crippen molar-refractivity contribution in [3.05, 3.63) is 28.8 Å². The Kier molecular flexibility index (Phi) is 8.24. The topological polar surface area (TPSA) is 0 Å². The molecule has 0 spiro atoms. The fraction of sp³-hybridized carbons (Fsp3) is 0.385. The Labute approximate surface area is 168 Å². The van der Waals surface area contributed by atoms with Crippen LogP contribution in [0.2, 0.25) is 19.6 Å². The zero-order valence-corrected chi connectivity index (χ0v) is 17.5. The van der Waals surface area contributed by atoms with Crippen LogP contribution in [0.4, 0.5) is 12.9 Å². The Morgan fingerprint density at radius 1 is 1.20 bits per heavy atom. The summed E-state index contributed by atoms with van der Waals surface area (Å²) in [6.45, 7) is 3.10. The van der Waals surface area contributed by atoms with E-state index in [1.807, 2.05) is 0 Å². The second-order valence-corrected chi connectivity index (χ2v) is 10.9. The molecule has 0 bridgehead atoms. The minimum atomic E-state index is -4.84. The summed E-state index contributed by atoms with van der Waals surface area (Å²) in [4.78, 5) is 0.567. The molecular formula is C13H17BF3KSSi. The summed E-state index contributed by atoms with van der Waals surface area (Å²) in [5.41, 5.74) is 4.63. The molecule has 0 aliphatic carbocycles. The monoisotopic (exact) mass is 340 g/mol. The average Bonchev–Trinajstić information content (AvgIpc) is 2.19. The van der Waals surface area contributed by atoms with E-state index in [1.165, 1.54) is 6.07 Å². The van der Waals surface area contributed by atoms with Gasteiger partial charge in [0.05, 0.1) is 0 Å². The predicted molar refractivity (Wildman–Crippen MR) is 81.4 cm³/mol. The van der Waals surface area contributed by atoms with Gasteiger partial charge < -0.3 is 12.9 Å². The first kappa shape index (κ1) is 20.8. The Bertz CT molecular complexity index is 542. The summed E-state index contributed by atoms with van der Waals surface area (Å²) in [6, 6.07) is 3.27. The average molecular weight is 340 g/mol. The van der Waals surface area contributed by atoms with E-state index in [9.17, 15) is 12.9 Å². The van der Waals surface area contributed by atoms with Crippen LogP contribution in [0.1, 0.15) is 16.7 Å². The van der Waals surface area contributed by atoms with Gasteiger partial charge in [-0.2, -0.15) is 0 Å². The number of hydrogen-bond acceptors (Lipinski definition) is 1. The summed E-state index contributed by atoms with van der Waals surface area (Å²) >= 11 is 4.24. The number of hydrogen-bond donors (Lipinski definition) is 1. The van der Waals surface area contributed by atoms with Gasteiger partial charge in [0.1, 0.15) is 8.07 Å². The molecule has 0 saturated heterocycles. The van der Waals surface area contributed by atoms with Crippen LogP contribution in [0.3, 0.4) is 0 Å². The molecule has 1 aromatic carbocycles. The molecule has 0 aliphatic heterocycles. The van der Waals surface area contributed by atoms with Crippen molar-refractivity contribution in [2.24, 2.45) is 0 Å². The van der Waals surface area contributed by atoms with Crippen LogP contribution in [-0.2, 0) is 6.32 Å². The van der Waals surface area contributed by atoms with Gasteiger partial charge >= 0.3 is 58.4 Å². The van der Waals surface area contributed by atoms with E-state index in [2.05, 4.69) is 43.7 Å². The van der Waals surface area contributed by atoms with Gasteiger partial charge in [0.25, 0.3) is 0 Å². The van der Waals surface area contributed by atoms with Crippen molar-refractivity contribution in [3.63, 3.8) is 0 Å². The molecule has 0 nitrogen and oxygen atoms in total. The SMILES string of the molecule is Cc1c(S)cc(C#C[Si](C)(C)C)cc1C[B-](F)(F)F.[K+]. The van der Waals surface area contributed by atoms with Crippen LogP contribution in [0.25, 0.3) is 0 Å². The zero-order valence-electron chi connectivity index (χ0n) is 12.5. The molecule has 0 N–H and O–H groups in total. The largest absolute Gasteiger partial charge is 1.00 e. The van der Waals surface area contributed by atoms with E-state index >= 15 is 0 Å². The maximum atomic E-state index is 12.6. The predicted octanol–water partition coefficient (Wildman–Crippen LogP) is 1.45. The first-order valence-corrected chi connectivity index (χ1v) is 9.99. The molecule has 1 aromatic rings. The summed E-state index contributed by atoms with van der Waals surface area (Å²) in [6.07, 6.45) is -0.873. The Morgan fingerprint density at radius 3 is 2.20 bits per heavy atom. The third kappa shape index (κ3) is 7.73. The third-order valence-electron chi connectivity index (χ3n) is 2.52. The first-order valence-electron chi connectivity index (χ1n) is 6.04. The van der Waals surface area contributed by atoms with Gasteiger partial charge in [-0.05, 0) is 24.6 Å². The fourth-order valence-electron chi connectivity index (χ4n) is 1.55. The maximum Gasteiger partial charge on any atom is 1.00 e. The molecule has 0 radical (unpaired) electrons. The first-order chi connectivity index (χ1) is 8.48. The maximum absolute atomic E-state index is 12.6. The van der Waals surface area contributed by atoms with Gasteiger partial charge in [0.2, 0.25) is 0 Å². The van der Waals surface area contributed by atoms with Crippen molar-refractivity contribution in [2.75, 3.05) is 0 Å². The Balaban J connectivity index is 0.00000361. The van der Waals surface area contributed by atoms with E-state index in [-0.39, 0.29) is 56.9 Å². The van der Waals surface area contributed by atoms with Crippen LogP contribution in [0.5, 0.6) is 0 Å². The molecule has 0 unspecified atom stereocenters. The second-order valence-electron chi connectivity index (χ2n) is 5.69. The molecule has 0 fully saturated rings. The number of rotatable bonds is 2. The minimum absolute atomic E-state index is 0. The normalized spacial score (nSPS) is 11.4. The minimum Gasteiger partial charge on any atom is -0.449 e. The van der Waals surface area contributed by atoms with Crippen molar-refractivity contribution in [2.45, 2.75) is 37.8 Å². The van der Waals surface area contributed by atoms with Crippen LogP contribution in [0, 0.1) is 18.4 Å². The van der Waals surface area contributed by atoms with Gasteiger partial charge in [-0.15, -0.1) is 18.2 Å². The van der Waals surface area contributed by atoms with Gasteiger partial charge in [-0.25, -0.2) is 0 Å². The molecule has 7 heteroatoms. The van der Waals surface area contributed by atoms with E-state index in [4.69, 9.17) is 0 Å². The van der Waals surface area contributed by atoms with Gasteiger partial charge in [0, 0.05) is 10.5 Å². The van der Waals surface area contributed by atoms with E-state index < -0.39 is 21.4 Å². The number of halogens is 3. The molecule has 0 heterocycles. The van der Waals surface area contributed by atoms with E-state index in [1.54, 1.807) is 13.0 Å². The smallest absolute Gasteiger partial charge is 0.449 e. The van der Waals surface area contributed by atoms with Crippen molar-refractivity contribution in [1.29, 1.82) is 0 Å². The fourth-order valence-corrected chi connectivity index (χ4v) is 2.35. The van der Waals surface area contributed by atoms with Crippen molar-refractivity contribution >= 4 is 27.7 Å². The summed E-state index contributed by atoms with van der Waals surface area (Å²) in [5, 5.41) is 0. The summed E-state index contributed by atoms with van der Waals surface area (Å²) in [7, 11) is -1.54. The van der Waals surface area contributed by atoms with Gasteiger partial charge in [-0.3, -0.25) is 0 Å². The third-order valence-corrected chi connectivity index (χ3v) is 3.86. The van der Waals surface area contributed by atoms with Crippen LogP contribution < -0.4 is 51.4 Å². The molecule has 1 rings (SSSR count). The van der Waals surface area contributed by atoms with E-state index in [0.29, 0.717) is 16.0 Å². The molecule has 0 saturated carbocycles. The van der Waals surface area contributed by atoms with Gasteiger partial charge in [-0.1, -0.05) is 37.4 Å². The van der Waals surface area contributed by atoms with Crippen molar-refractivity contribution < 1.29 is 64.3 Å². The van der Waals surface area contributed by atoms with Crippen LogP contribution in [-0.4, -0.2) is 15.1 Å². The molecule has 0 aromatic heterocycles. The van der Waals surface area contributed by atoms with Crippen LogP contribution in [0.15, 0.2) is 17.0 Å². The van der Waals surface area contributed by atoms with Crippen LogP contribution >= 0.6 is 12.6 Å². The zero-order chi connectivity index (χ0) is 14.8. The molecule has 104 valence electrons. The molecule has 20 heavy (non-hydrogen) atoms. The van der Waals surface area contributed by atoms with Gasteiger partial charge in [0.15, 0.2) is 0 Å². The quantitative estimate of drug-likeness (QED) is 0.470. The Morgan fingerprint density at radius 2 is 1.75 bits per heavy atom.